The summed E-state index contributed by atoms with van der Waals surface area (Å²) in [6.07, 6.45) is 5.31. The minimum atomic E-state index is -2.33. The first-order valence-corrected chi connectivity index (χ1v) is 15.4. The monoisotopic (exact) mass is 644 g/mol. The Morgan fingerprint density at radius 1 is 0.891 bits per heavy atom. The van der Waals surface area contributed by atoms with E-state index in [2.05, 4.69) is 23.7 Å². The molecule has 0 unspecified atom stereocenters. The number of carbonyl (C=O) groups is 1. The van der Waals surface area contributed by atoms with Crippen LogP contribution in [-0.2, 0) is 22.6 Å². The highest BCUT2D eigenvalue weighted by Crippen LogP contribution is 2.42. The molecule has 1 amide bonds. The normalized spacial score (nSPS) is 21.9. The van der Waals surface area contributed by atoms with Crippen LogP contribution in [0.5, 0.6) is 0 Å². The number of nitrogens with one attached hydrogen (secondary N) is 1. The summed E-state index contributed by atoms with van der Waals surface area (Å²) in [6.45, 7) is 7.18. The summed E-state index contributed by atoms with van der Waals surface area (Å²) in [6, 6.07) is 14.9. The van der Waals surface area contributed by atoms with Gasteiger partial charge in [-0.05, 0) is 29.5 Å². The highest BCUT2D eigenvalue weighted by molar-refractivity contribution is 5.94. The Labute approximate surface area is 264 Å². The second-order valence-corrected chi connectivity index (χ2v) is 11.9. The van der Waals surface area contributed by atoms with Crippen molar-refractivity contribution in [3.05, 3.63) is 118 Å². The van der Waals surface area contributed by atoms with Gasteiger partial charge in [-0.2, -0.15) is 0 Å². The number of benzene rings is 3. The molecule has 1 aliphatic carbocycles. The molecule has 0 radical (unpaired) electrons. The van der Waals surface area contributed by atoms with Crippen molar-refractivity contribution in [1.29, 1.82) is 0 Å². The summed E-state index contributed by atoms with van der Waals surface area (Å²) in [5.41, 5.74) is 1.40. The van der Waals surface area contributed by atoms with E-state index in [9.17, 15) is 31.9 Å². The third-order valence-corrected chi connectivity index (χ3v) is 8.88. The lowest BCUT2D eigenvalue weighted by atomic mass is 9.89. The number of amides is 1. The average molecular weight is 645 g/mol. The highest BCUT2D eigenvalue weighted by atomic mass is 19.2. The van der Waals surface area contributed by atoms with Crippen LogP contribution in [0.25, 0.3) is 0 Å². The second-order valence-electron chi connectivity index (χ2n) is 11.9. The SMILES string of the molecule is C=CCN(C[C@@H]1O[C@H](c2ccc(CNC(=O)c3c(F)c(F)c(F)c(F)c3F)cc2)O[C@H](c2ccc(CO)cc2)[C@@H]1C)C1CCCC1. The first-order chi connectivity index (χ1) is 22.1. The van der Waals surface area contributed by atoms with E-state index in [4.69, 9.17) is 9.47 Å². The molecular formula is C35H37F5N2O4. The van der Waals surface area contributed by atoms with Crippen molar-refractivity contribution < 1.29 is 41.3 Å². The quantitative estimate of drug-likeness (QED) is 0.102. The number of nitrogens with zero attached hydrogens (tertiary/aromatic N) is 1. The number of hydrogen-bond donors (Lipinski definition) is 2. The summed E-state index contributed by atoms with van der Waals surface area (Å²) >= 11 is 0. The molecule has 2 fully saturated rings. The molecule has 1 saturated carbocycles. The average Bonchev–Trinajstić information content (AvgIpc) is 3.62. The molecule has 3 aromatic rings. The standard InChI is InChI=1S/C35H37F5N2O4/c1-3-16-42(25-6-4-5-7-25)18-26-20(2)33(23-12-10-22(19-43)11-13-23)46-35(45-26)24-14-8-21(9-15-24)17-41-34(44)27-28(36)30(38)32(40)31(39)29(27)37/h3,8-15,20,25-26,33,35,43H,1,4-7,16-19H2,2H3,(H,41,44)/t20-,26+,33+,35+/m1/s1. The van der Waals surface area contributed by atoms with E-state index in [1.165, 1.54) is 12.8 Å². The Kier molecular flexibility index (Phi) is 10.9. The van der Waals surface area contributed by atoms with Crippen molar-refractivity contribution >= 4 is 5.91 Å². The Hall–Kier alpha value is -3.64. The van der Waals surface area contributed by atoms with Crippen LogP contribution in [-0.4, -0.2) is 41.1 Å². The van der Waals surface area contributed by atoms with Gasteiger partial charge in [0.25, 0.3) is 5.91 Å². The molecule has 2 N–H and O–H groups in total. The molecule has 6 nitrogen and oxygen atoms in total. The molecule has 46 heavy (non-hydrogen) atoms. The zero-order chi connectivity index (χ0) is 33.0. The number of halogens is 5. The molecule has 0 bridgehead atoms. The van der Waals surface area contributed by atoms with Gasteiger partial charge in [-0.25, -0.2) is 22.0 Å². The Bertz CT molecular complexity index is 1500. The lowest BCUT2D eigenvalue weighted by Crippen LogP contribution is -2.47. The molecule has 0 aromatic heterocycles. The van der Waals surface area contributed by atoms with Crippen LogP contribution in [0, 0.1) is 35.0 Å². The van der Waals surface area contributed by atoms with E-state index in [-0.39, 0.29) is 31.3 Å². The Balaban J connectivity index is 1.33. The van der Waals surface area contributed by atoms with Gasteiger partial charge in [0.15, 0.2) is 29.6 Å². The van der Waals surface area contributed by atoms with Gasteiger partial charge in [0.2, 0.25) is 5.82 Å². The smallest absolute Gasteiger partial charge is 0.257 e. The summed E-state index contributed by atoms with van der Waals surface area (Å²) in [4.78, 5) is 14.8. The lowest BCUT2D eigenvalue weighted by Gasteiger charge is -2.43. The molecule has 3 aromatic carbocycles. The van der Waals surface area contributed by atoms with E-state index in [1.807, 2.05) is 30.3 Å². The van der Waals surface area contributed by atoms with Crippen molar-refractivity contribution in [3.63, 3.8) is 0 Å². The van der Waals surface area contributed by atoms with E-state index in [0.717, 1.165) is 30.5 Å². The van der Waals surface area contributed by atoms with Crippen LogP contribution in [0.3, 0.4) is 0 Å². The summed E-state index contributed by atoms with van der Waals surface area (Å²) < 4.78 is 81.8. The predicted molar refractivity (Wildman–Crippen MR) is 161 cm³/mol. The molecule has 246 valence electrons. The van der Waals surface area contributed by atoms with Crippen LogP contribution in [0.4, 0.5) is 22.0 Å². The van der Waals surface area contributed by atoms with Gasteiger partial charge in [0.05, 0.1) is 18.8 Å². The number of ether oxygens (including phenoxy) is 2. The van der Waals surface area contributed by atoms with E-state index in [1.54, 1.807) is 24.3 Å². The Morgan fingerprint density at radius 2 is 1.46 bits per heavy atom. The number of aliphatic hydroxyl groups excluding tert-OH is 1. The number of hydrogen-bond acceptors (Lipinski definition) is 5. The molecule has 2 aliphatic rings. The fourth-order valence-corrected chi connectivity index (χ4v) is 6.23. The molecule has 11 heteroatoms. The second kappa shape index (κ2) is 14.8. The molecule has 0 spiro atoms. The molecule has 5 rings (SSSR count). The minimum absolute atomic E-state index is 0.0126. The van der Waals surface area contributed by atoms with Crippen LogP contribution in [0.15, 0.2) is 61.2 Å². The van der Waals surface area contributed by atoms with Gasteiger partial charge in [-0.3, -0.25) is 9.69 Å². The zero-order valence-electron chi connectivity index (χ0n) is 25.5. The maximum Gasteiger partial charge on any atom is 0.257 e. The van der Waals surface area contributed by atoms with Crippen molar-refractivity contribution in [2.24, 2.45) is 5.92 Å². The van der Waals surface area contributed by atoms with E-state index < -0.39 is 46.8 Å². The van der Waals surface area contributed by atoms with E-state index >= 15 is 0 Å². The highest BCUT2D eigenvalue weighted by Gasteiger charge is 2.40. The van der Waals surface area contributed by atoms with Gasteiger partial charge >= 0.3 is 0 Å². The zero-order valence-corrected chi connectivity index (χ0v) is 25.5. The third kappa shape index (κ3) is 7.17. The van der Waals surface area contributed by atoms with Gasteiger partial charge in [-0.15, -0.1) is 6.58 Å². The van der Waals surface area contributed by atoms with Gasteiger partial charge in [0.1, 0.15) is 5.56 Å². The molecule has 4 atom stereocenters. The molecule has 1 aliphatic heterocycles. The van der Waals surface area contributed by atoms with Crippen molar-refractivity contribution in [3.8, 4) is 0 Å². The van der Waals surface area contributed by atoms with Crippen molar-refractivity contribution in [1.82, 2.24) is 10.2 Å². The van der Waals surface area contributed by atoms with Crippen LogP contribution >= 0.6 is 0 Å². The van der Waals surface area contributed by atoms with Crippen LogP contribution in [0.2, 0.25) is 0 Å². The van der Waals surface area contributed by atoms with Crippen LogP contribution in [0.1, 0.15) is 77.6 Å². The summed E-state index contributed by atoms with van der Waals surface area (Å²) in [5, 5.41) is 11.7. The predicted octanol–water partition coefficient (Wildman–Crippen LogP) is 7.03. The fourth-order valence-electron chi connectivity index (χ4n) is 6.23. The number of carbonyl (C=O) groups excluding carboxylic acids is 1. The van der Waals surface area contributed by atoms with E-state index in [0.29, 0.717) is 23.7 Å². The maximum atomic E-state index is 14.1. The summed E-state index contributed by atoms with van der Waals surface area (Å²) in [7, 11) is 0. The topological polar surface area (TPSA) is 71.0 Å². The van der Waals surface area contributed by atoms with Crippen LogP contribution < -0.4 is 5.32 Å². The largest absolute Gasteiger partial charge is 0.392 e. The minimum Gasteiger partial charge on any atom is -0.392 e. The maximum absolute atomic E-state index is 14.1. The summed E-state index contributed by atoms with van der Waals surface area (Å²) in [5.74, 6) is -12.5. The number of aliphatic hydroxyl groups is 1. The lowest BCUT2D eigenvalue weighted by molar-refractivity contribution is -0.276. The van der Waals surface area contributed by atoms with Crippen molar-refractivity contribution in [2.75, 3.05) is 13.1 Å². The molecule has 1 saturated heterocycles. The first kappa shape index (κ1) is 33.7. The molecule has 1 heterocycles. The third-order valence-electron chi connectivity index (χ3n) is 8.88. The molecular weight excluding hydrogens is 607 g/mol. The van der Waals surface area contributed by atoms with Gasteiger partial charge in [0, 0.05) is 37.2 Å². The van der Waals surface area contributed by atoms with Crippen molar-refractivity contribution in [2.45, 2.75) is 70.3 Å². The Morgan fingerprint density at radius 3 is 2.04 bits per heavy atom. The first-order valence-electron chi connectivity index (χ1n) is 15.4. The van der Waals surface area contributed by atoms with Gasteiger partial charge < -0.3 is 19.9 Å². The fraction of sp³-hybridized carbons (Fsp3) is 0.400. The number of rotatable bonds is 11. The van der Waals surface area contributed by atoms with Gasteiger partial charge in [-0.1, -0.05) is 74.4 Å².